The van der Waals surface area contributed by atoms with Crippen molar-refractivity contribution in [3.8, 4) is 0 Å². The van der Waals surface area contributed by atoms with Gasteiger partial charge in [-0.05, 0) is 36.5 Å². The summed E-state index contributed by atoms with van der Waals surface area (Å²) >= 11 is 0. The zero-order valence-corrected chi connectivity index (χ0v) is 17.6. The Balaban J connectivity index is 1.42. The second-order valence-corrected chi connectivity index (χ2v) is 7.28. The van der Waals surface area contributed by atoms with Crippen molar-refractivity contribution < 1.29 is 0 Å². The van der Waals surface area contributed by atoms with E-state index in [1.807, 2.05) is 6.07 Å². The van der Waals surface area contributed by atoms with E-state index in [-0.39, 0.29) is 0 Å². The van der Waals surface area contributed by atoms with Crippen LogP contribution in [0.3, 0.4) is 0 Å². The Kier molecular flexibility index (Phi) is 7.81. The minimum absolute atomic E-state index is 0.506. The number of aliphatic imine (C=N–C) groups is 1. The predicted octanol–water partition coefficient (Wildman–Crippen LogP) is 2.54. The molecule has 2 heterocycles. The fourth-order valence-electron chi connectivity index (χ4n) is 3.69. The van der Waals surface area contributed by atoms with Gasteiger partial charge in [-0.1, -0.05) is 32.0 Å². The van der Waals surface area contributed by atoms with Crippen molar-refractivity contribution in [2.24, 2.45) is 10.7 Å². The van der Waals surface area contributed by atoms with Gasteiger partial charge in [-0.2, -0.15) is 0 Å². The van der Waals surface area contributed by atoms with Gasteiger partial charge in [0.15, 0.2) is 5.96 Å². The monoisotopic (exact) mass is 395 g/mol. The van der Waals surface area contributed by atoms with E-state index in [9.17, 15) is 0 Å². The molecule has 7 nitrogen and oxygen atoms in total. The molecule has 0 saturated carbocycles. The third-order valence-electron chi connectivity index (χ3n) is 5.37. The average molecular weight is 396 g/mol. The molecule has 1 aliphatic rings. The van der Waals surface area contributed by atoms with Gasteiger partial charge in [-0.15, -0.1) is 0 Å². The Bertz CT molecular complexity index is 761. The smallest absolute Gasteiger partial charge is 0.225 e. The van der Waals surface area contributed by atoms with Crippen LogP contribution in [0.1, 0.15) is 31.4 Å². The molecule has 156 valence electrons. The number of anilines is 2. The number of aromatic nitrogens is 2. The lowest BCUT2D eigenvalue weighted by Crippen LogP contribution is -2.47. The molecule has 0 spiro atoms. The van der Waals surface area contributed by atoms with Gasteiger partial charge in [0.25, 0.3) is 0 Å². The standard InChI is InChI=1S/C22H33N7/c1-3-18-8-5-9-19(4-2)20(18)27-21(23)24-12-7-13-28-14-16-29(17-15-28)22-25-10-6-11-26-22/h5-6,8-11H,3-4,7,12-17H2,1-2H3,(H3,23,24,27). The van der Waals surface area contributed by atoms with Crippen molar-refractivity contribution >= 4 is 17.6 Å². The van der Waals surface area contributed by atoms with Gasteiger partial charge in [-0.25, -0.2) is 9.97 Å². The lowest BCUT2D eigenvalue weighted by atomic mass is 10.0. The number of nitrogens with two attached hydrogens (primary N) is 1. The Morgan fingerprint density at radius 3 is 2.31 bits per heavy atom. The number of rotatable bonds is 8. The summed E-state index contributed by atoms with van der Waals surface area (Å²) < 4.78 is 0. The van der Waals surface area contributed by atoms with Gasteiger partial charge in [0, 0.05) is 57.3 Å². The lowest BCUT2D eigenvalue weighted by Gasteiger charge is -2.34. The summed E-state index contributed by atoms with van der Waals surface area (Å²) in [6.07, 6.45) is 6.55. The molecular formula is C22H33N7. The van der Waals surface area contributed by atoms with Crippen LogP contribution in [0.2, 0.25) is 0 Å². The van der Waals surface area contributed by atoms with Crippen LogP contribution in [0.15, 0.2) is 41.7 Å². The maximum atomic E-state index is 6.16. The number of para-hydroxylation sites is 1. The highest BCUT2D eigenvalue weighted by molar-refractivity contribution is 5.93. The number of piperazine rings is 1. The van der Waals surface area contributed by atoms with Gasteiger partial charge in [0.1, 0.15) is 0 Å². The first-order valence-corrected chi connectivity index (χ1v) is 10.6. The third-order valence-corrected chi connectivity index (χ3v) is 5.37. The van der Waals surface area contributed by atoms with E-state index in [0.29, 0.717) is 5.96 Å². The number of nitrogens with one attached hydrogen (secondary N) is 1. The molecule has 1 fully saturated rings. The van der Waals surface area contributed by atoms with Crippen molar-refractivity contribution in [3.63, 3.8) is 0 Å². The van der Waals surface area contributed by atoms with E-state index >= 15 is 0 Å². The molecule has 3 rings (SSSR count). The summed E-state index contributed by atoms with van der Waals surface area (Å²) in [5.74, 6) is 1.33. The van der Waals surface area contributed by atoms with Crippen molar-refractivity contribution in [2.75, 3.05) is 49.5 Å². The van der Waals surface area contributed by atoms with Crippen LogP contribution >= 0.6 is 0 Å². The summed E-state index contributed by atoms with van der Waals surface area (Å²) in [6.45, 7) is 10.1. The van der Waals surface area contributed by atoms with Crippen LogP contribution in [-0.2, 0) is 12.8 Å². The lowest BCUT2D eigenvalue weighted by molar-refractivity contribution is 0.255. The second-order valence-electron chi connectivity index (χ2n) is 7.28. The number of aryl methyl sites for hydroxylation is 2. The summed E-state index contributed by atoms with van der Waals surface area (Å²) in [5, 5.41) is 3.34. The molecule has 29 heavy (non-hydrogen) atoms. The quantitative estimate of drug-likeness (QED) is 0.406. The van der Waals surface area contributed by atoms with Crippen molar-refractivity contribution in [3.05, 3.63) is 47.8 Å². The maximum Gasteiger partial charge on any atom is 0.225 e. The molecule has 3 N–H and O–H groups in total. The molecule has 7 heteroatoms. The SMILES string of the molecule is CCc1cccc(CC)c1NC(N)=NCCCN1CCN(c2ncccn2)CC1. The minimum atomic E-state index is 0.506. The first kappa shape index (κ1) is 21.0. The van der Waals surface area contributed by atoms with Crippen LogP contribution in [0, 0.1) is 0 Å². The molecule has 0 aliphatic carbocycles. The second kappa shape index (κ2) is 10.8. The average Bonchev–Trinajstić information content (AvgIpc) is 2.78. The molecular weight excluding hydrogens is 362 g/mol. The number of guanidine groups is 1. The van der Waals surface area contributed by atoms with E-state index in [0.717, 1.165) is 70.2 Å². The number of nitrogens with zero attached hydrogens (tertiary/aromatic N) is 5. The zero-order valence-electron chi connectivity index (χ0n) is 17.6. The molecule has 0 bridgehead atoms. The highest BCUT2D eigenvalue weighted by Crippen LogP contribution is 2.22. The Labute approximate surface area is 174 Å². The normalized spacial score (nSPS) is 15.5. The van der Waals surface area contributed by atoms with E-state index in [1.165, 1.54) is 11.1 Å². The molecule has 1 aliphatic heterocycles. The molecule has 0 amide bonds. The summed E-state index contributed by atoms with van der Waals surface area (Å²) in [6, 6.07) is 8.26. The topological polar surface area (TPSA) is 82.7 Å². The molecule has 0 atom stereocenters. The summed E-state index contributed by atoms with van der Waals surface area (Å²) in [5.41, 5.74) is 9.84. The van der Waals surface area contributed by atoms with Gasteiger partial charge < -0.3 is 16.0 Å². The van der Waals surface area contributed by atoms with Crippen LogP contribution < -0.4 is 16.0 Å². The molecule has 0 radical (unpaired) electrons. The third kappa shape index (κ3) is 5.90. The van der Waals surface area contributed by atoms with Crippen molar-refractivity contribution in [1.82, 2.24) is 14.9 Å². The van der Waals surface area contributed by atoms with Crippen LogP contribution in [-0.4, -0.2) is 60.1 Å². The predicted molar refractivity (Wildman–Crippen MR) is 121 cm³/mol. The number of hydrogen-bond acceptors (Lipinski definition) is 5. The van der Waals surface area contributed by atoms with Gasteiger partial charge >= 0.3 is 0 Å². The zero-order chi connectivity index (χ0) is 20.5. The summed E-state index contributed by atoms with van der Waals surface area (Å²) in [4.78, 5) is 17.9. The van der Waals surface area contributed by atoms with E-state index in [1.54, 1.807) is 12.4 Å². The Morgan fingerprint density at radius 2 is 1.69 bits per heavy atom. The first-order valence-electron chi connectivity index (χ1n) is 10.6. The van der Waals surface area contributed by atoms with E-state index in [4.69, 9.17) is 5.73 Å². The van der Waals surface area contributed by atoms with Crippen LogP contribution in [0.25, 0.3) is 0 Å². The van der Waals surface area contributed by atoms with E-state index < -0.39 is 0 Å². The first-order chi connectivity index (χ1) is 14.2. The van der Waals surface area contributed by atoms with Gasteiger partial charge in [0.05, 0.1) is 0 Å². The minimum Gasteiger partial charge on any atom is -0.370 e. The van der Waals surface area contributed by atoms with E-state index in [2.05, 4.69) is 62.1 Å². The highest BCUT2D eigenvalue weighted by atomic mass is 15.3. The maximum absolute atomic E-state index is 6.16. The van der Waals surface area contributed by atoms with Crippen molar-refractivity contribution in [2.45, 2.75) is 33.1 Å². The number of hydrogen-bond donors (Lipinski definition) is 2. The van der Waals surface area contributed by atoms with Gasteiger partial charge in [0.2, 0.25) is 5.95 Å². The number of benzene rings is 1. The van der Waals surface area contributed by atoms with Crippen LogP contribution in [0.4, 0.5) is 11.6 Å². The van der Waals surface area contributed by atoms with Crippen LogP contribution in [0.5, 0.6) is 0 Å². The fourth-order valence-corrected chi connectivity index (χ4v) is 3.69. The van der Waals surface area contributed by atoms with Gasteiger partial charge in [-0.3, -0.25) is 9.89 Å². The molecule has 1 aromatic heterocycles. The Hall–Kier alpha value is -2.67. The summed E-state index contributed by atoms with van der Waals surface area (Å²) in [7, 11) is 0. The van der Waals surface area contributed by atoms with Crippen molar-refractivity contribution in [1.29, 1.82) is 0 Å². The molecule has 1 aromatic carbocycles. The largest absolute Gasteiger partial charge is 0.370 e. The fraction of sp³-hybridized carbons (Fsp3) is 0.500. The molecule has 0 unspecified atom stereocenters. The molecule has 2 aromatic rings. The Morgan fingerprint density at radius 1 is 1.03 bits per heavy atom. The highest BCUT2D eigenvalue weighted by Gasteiger charge is 2.18. The molecule has 1 saturated heterocycles.